The van der Waals surface area contributed by atoms with E-state index < -0.39 is 0 Å². The maximum absolute atomic E-state index is 12.7. The number of carbonyl (C=O) groups excluding carboxylic acids is 1. The molecule has 1 atom stereocenters. The molecule has 0 aliphatic rings. The Bertz CT molecular complexity index is 1280. The van der Waals surface area contributed by atoms with Crippen LogP contribution in [0, 0.1) is 5.92 Å². The lowest BCUT2D eigenvalue weighted by atomic mass is 10.0. The molecule has 0 aliphatic carbocycles. The van der Waals surface area contributed by atoms with Gasteiger partial charge in [0.2, 0.25) is 0 Å². The highest BCUT2D eigenvalue weighted by Crippen LogP contribution is 2.37. The number of ether oxygens (including phenoxy) is 2. The van der Waals surface area contributed by atoms with Crippen molar-refractivity contribution in [1.29, 1.82) is 0 Å². The van der Waals surface area contributed by atoms with Gasteiger partial charge in [0.25, 0.3) is 0 Å². The minimum atomic E-state index is -0.356. The number of aromatic nitrogens is 2. The normalized spacial score (nSPS) is 12.4. The Morgan fingerprint density at radius 1 is 0.971 bits per heavy atom. The molecule has 0 saturated heterocycles. The Morgan fingerprint density at radius 2 is 1.68 bits per heavy atom. The fraction of sp³-hybridized carbons (Fsp3) is 0.286. The van der Waals surface area contributed by atoms with Crippen molar-refractivity contribution in [2.45, 2.75) is 20.0 Å². The van der Waals surface area contributed by atoms with Gasteiger partial charge in [-0.3, -0.25) is 9.88 Å². The van der Waals surface area contributed by atoms with Crippen molar-refractivity contribution in [3.63, 3.8) is 0 Å². The van der Waals surface area contributed by atoms with E-state index in [4.69, 9.17) is 14.5 Å². The predicted octanol–water partition coefficient (Wildman–Crippen LogP) is 5.88. The maximum atomic E-state index is 12.7. The third-order valence-electron chi connectivity index (χ3n) is 6.14. The first kappa shape index (κ1) is 23.5. The number of rotatable bonds is 7. The second kappa shape index (κ2) is 9.69. The molecule has 2 aromatic heterocycles. The molecule has 0 bridgehead atoms. The van der Waals surface area contributed by atoms with E-state index in [1.54, 1.807) is 7.11 Å². The molecule has 6 nitrogen and oxygen atoms in total. The van der Waals surface area contributed by atoms with E-state index in [0.717, 1.165) is 39.0 Å². The molecule has 34 heavy (non-hydrogen) atoms. The average molecular weight is 458 g/mol. The van der Waals surface area contributed by atoms with Crippen molar-refractivity contribution in [2.75, 3.05) is 28.3 Å². The van der Waals surface area contributed by atoms with Crippen LogP contribution < -0.4 is 4.74 Å². The molecule has 0 saturated carbocycles. The Morgan fingerprint density at radius 3 is 2.24 bits per heavy atom. The van der Waals surface area contributed by atoms with Gasteiger partial charge in [0, 0.05) is 28.9 Å². The zero-order chi connectivity index (χ0) is 24.4. The summed E-state index contributed by atoms with van der Waals surface area (Å²) in [6.07, 6.45) is 4.09. The van der Waals surface area contributed by atoms with E-state index in [1.807, 2.05) is 48.7 Å². The van der Waals surface area contributed by atoms with Crippen LogP contribution in [-0.2, 0) is 4.74 Å². The molecule has 6 heteroatoms. The summed E-state index contributed by atoms with van der Waals surface area (Å²) in [6, 6.07) is 17.7. The van der Waals surface area contributed by atoms with Crippen LogP contribution in [0.2, 0.25) is 0 Å². The van der Waals surface area contributed by atoms with E-state index in [1.165, 1.54) is 7.11 Å². The predicted molar refractivity (Wildman–Crippen MR) is 136 cm³/mol. The van der Waals surface area contributed by atoms with E-state index in [0.29, 0.717) is 11.5 Å². The lowest BCUT2D eigenvalue weighted by Gasteiger charge is -2.30. The molecule has 2 aromatic carbocycles. The number of benzene rings is 2. The van der Waals surface area contributed by atoms with Gasteiger partial charge in [-0.2, -0.15) is 0 Å². The highest BCUT2D eigenvalue weighted by molar-refractivity contribution is 6.10. The van der Waals surface area contributed by atoms with Gasteiger partial charge in [0.1, 0.15) is 5.75 Å². The molecule has 0 spiro atoms. The number of methoxy groups -OCH3 is 2. The molecule has 4 aromatic rings. The molecular weight excluding hydrogens is 426 g/mol. The SMILES string of the molecule is COC(=O)c1cccc2c1c(-c1ccc(-c3ccc(OC)cc3)cn1)cn2C(C(C)C)N(C)C. The molecule has 0 amide bonds. The van der Waals surface area contributed by atoms with E-state index in [9.17, 15) is 4.79 Å². The molecule has 2 heterocycles. The van der Waals surface area contributed by atoms with Gasteiger partial charge in [-0.05, 0) is 55.9 Å². The molecule has 0 fully saturated rings. The fourth-order valence-corrected chi connectivity index (χ4v) is 4.68. The summed E-state index contributed by atoms with van der Waals surface area (Å²) < 4.78 is 12.6. The number of hydrogen-bond donors (Lipinski definition) is 0. The first-order valence-electron chi connectivity index (χ1n) is 11.3. The summed E-state index contributed by atoms with van der Waals surface area (Å²) >= 11 is 0. The van der Waals surface area contributed by atoms with E-state index >= 15 is 0 Å². The van der Waals surface area contributed by atoms with Gasteiger partial charge in [-0.15, -0.1) is 0 Å². The Kier molecular flexibility index (Phi) is 6.70. The summed E-state index contributed by atoms with van der Waals surface area (Å²) in [5, 5.41) is 0.853. The summed E-state index contributed by atoms with van der Waals surface area (Å²) in [6.45, 7) is 4.39. The van der Waals surface area contributed by atoms with Crippen LogP contribution in [0.1, 0.15) is 30.4 Å². The average Bonchev–Trinajstić information content (AvgIpc) is 3.22. The van der Waals surface area contributed by atoms with Gasteiger partial charge >= 0.3 is 5.97 Å². The fourth-order valence-electron chi connectivity index (χ4n) is 4.68. The Labute approximate surface area is 200 Å². The minimum Gasteiger partial charge on any atom is -0.497 e. The van der Waals surface area contributed by atoms with Crippen molar-refractivity contribution < 1.29 is 14.3 Å². The third kappa shape index (κ3) is 4.29. The first-order chi connectivity index (χ1) is 16.3. The standard InChI is InChI=1S/C28H31N3O3/c1-18(2)27(30(3)4)31-17-23(26-22(28(32)34-6)8-7-9-25(26)31)24-15-12-20(16-29-24)19-10-13-21(33-5)14-11-19/h7-18,27H,1-6H3. The summed E-state index contributed by atoms with van der Waals surface area (Å²) in [5.41, 5.74) is 5.30. The van der Waals surface area contributed by atoms with Crippen LogP contribution in [-0.4, -0.2) is 48.7 Å². The number of hydrogen-bond acceptors (Lipinski definition) is 5. The molecule has 0 radical (unpaired) electrons. The smallest absolute Gasteiger partial charge is 0.338 e. The van der Waals surface area contributed by atoms with Crippen LogP contribution in [0.3, 0.4) is 0 Å². The number of carbonyl (C=O) groups is 1. The second-order valence-electron chi connectivity index (χ2n) is 8.92. The van der Waals surface area contributed by atoms with Gasteiger partial charge in [0.15, 0.2) is 0 Å². The van der Waals surface area contributed by atoms with Crippen molar-refractivity contribution in [3.05, 3.63) is 72.6 Å². The number of fused-ring (bicyclic) bond motifs is 1. The van der Waals surface area contributed by atoms with Gasteiger partial charge in [0.05, 0.1) is 37.2 Å². The number of nitrogens with zero attached hydrogens (tertiary/aromatic N) is 3. The molecular formula is C28H31N3O3. The molecule has 1 unspecified atom stereocenters. The van der Waals surface area contributed by atoms with Crippen LogP contribution >= 0.6 is 0 Å². The number of pyridine rings is 1. The first-order valence-corrected chi connectivity index (χ1v) is 11.3. The van der Waals surface area contributed by atoms with E-state index in [2.05, 4.69) is 55.7 Å². The molecule has 176 valence electrons. The Hall–Kier alpha value is -3.64. The topological polar surface area (TPSA) is 56.6 Å². The highest BCUT2D eigenvalue weighted by atomic mass is 16.5. The van der Waals surface area contributed by atoms with Crippen molar-refractivity contribution >= 4 is 16.9 Å². The molecule has 0 N–H and O–H groups in total. The molecule has 0 aliphatic heterocycles. The second-order valence-corrected chi connectivity index (χ2v) is 8.92. The Balaban J connectivity index is 1.88. The minimum absolute atomic E-state index is 0.114. The molecule has 4 rings (SSSR count). The lowest BCUT2D eigenvalue weighted by molar-refractivity contribution is 0.0603. The van der Waals surface area contributed by atoms with Crippen LogP contribution in [0.15, 0.2) is 67.0 Å². The van der Waals surface area contributed by atoms with Crippen LogP contribution in [0.25, 0.3) is 33.3 Å². The zero-order valence-corrected chi connectivity index (χ0v) is 20.6. The third-order valence-corrected chi connectivity index (χ3v) is 6.14. The summed E-state index contributed by atoms with van der Waals surface area (Å²) in [5.74, 6) is 0.813. The highest BCUT2D eigenvalue weighted by Gasteiger charge is 2.25. The quantitative estimate of drug-likeness (QED) is 0.324. The summed E-state index contributed by atoms with van der Waals surface area (Å²) in [7, 11) is 7.21. The maximum Gasteiger partial charge on any atom is 0.338 e. The largest absolute Gasteiger partial charge is 0.497 e. The van der Waals surface area contributed by atoms with Crippen LogP contribution in [0.4, 0.5) is 0 Å². The van der Waals surface area contributed by atoms with Crippen LogP contribution in [0.5, 0.6) is 5.75 Å². The monoisotopic (exact) mass is 457 g/mol. The van der Waals surface area contributed by atoms with Crippen molar-refractivity contribution in [2.24, 2.45) is 5.92 Å². The van der Waals surface area contributed by atoms with E-state index in [-0.39, 0.29) is 12.1 Å². The lowest BCUT2D eigenvalue weighted by Crippen LogP contribution is -2.29. The van der Waals surface area contributed by atoms with Gasteiger partial charge in [-0.1, -0.05) is 38.1 Å². The van der Waals surface area contributed by atoms with Crippen molar-refractivity contribution in [3.8, 4) is 28.1 Å². The van der Waals surface area contributed by atoms with Gasteiger partial charge < -0.3 is 14.0 Å². The zero-order valence-electron chi connectivity index (χ0n) is 20.6. The van der Waals surface area contributed by atoms with Gasteiger partial charge in [-0.25, -0.2) is 4.79 Å². The number of esters is 1. The summed E-state index contributed by atoms with van der Waals surface area (Å²) in [4.78, 5) is 19.7. The van der Waals surface area contributed by atoms with Crippen molar-refractivity contribution in [1.82, 2.24) is 14.5 Å².